The van der Waals surface area contributed by atoms with Crippen LogP contribution >= 0.6 is 0 Å². The fourth-order valence-corrected chi connectivity index (χ4v) is 2.13. The van der Waals surface area contributed by atoms with E-state index >= 15 is 0 Å². The number of rotatable bonds is 2. The number of hydrogen-bond donors (Lipinski definition) is 0. The van der Waals surface area contributed by atoms with Gasteiger partial charge in [0.1, 0.15) is 6.07 Å². The van der Waals surface area contributed by atoms with Crippen molar-refractivity contribution in [3.8, 4) is 17.3 Å². The molecule has 2 aromatic rings. The first-order valence-electron chi connectivity index (χ1n) is 5.17. The highest BCUT2D eigenvalue weighted by Gasteiger charge is 2.07. The molecule has 0 atom stereocenters. The van der Waals surface area contributed by atoms with Crippen LogP contribution in [0.15, 0.2) is 47.5 Å². The van der Waals surface area contributed by atoms with E-state index in [4.69, 9.17) is 5.26 Å². The standard InChI is InChI=1S/C13H10N2O2S/c1-18(16,17)12-5-3-11(4-6-12)13-7-2-10(8-14)9-15-13/h2-7,9H,1H3. The zero-order chi connectivity index (χ0) is 13.2. The van der Waals surface area contributed by atoms with Crippen LogP contribution in [0.25, 0.3) is 11.3 Å². The molecule has 0 spiro atoms. The van der Waals surface area contributed by atoms with Crippen LogP contribution in [0.2, 0.25) is 0 Å². The van der Waals surface area contributed by atoms with Gasteiger partial charge in [-0.3, -0.25) is 4.98 Å². The van der Waals surface area contributed by atoms with Crippen LogP contribution in [0.1, 0.15) is 5.56 Å². The van der Waals surface area contributed by atoms with Gasteiger partial charge in [0.2, 0.25) is 0 Å². The first-order valence-corrected chi connectivity index (χ1v) is 7.06. The van der Waals surface area contributed by atoms with Crippen LogP contribution < -0.4 is 0 Å². The maximum Gasteiger partial charge on any atom is 0.175 e. The molecular weight excluding hydrogens is 248 g/mol. The van der Waals surface area contributed by atoms with Crippen molar-refractivity contribution >= 4 is 9.84 Å². The largest absolute Gasteiger partial charge is 0.255 e. The van der Waals surface area contributed by atoms with Gasteiger partial charge in [0.15, 0.2) is 9.84 Å². The van der Waals surface area contributed by atoms with Gasteiger partial charge < -0.3 is 0 Å². The molecule has 5 heteroatoms. The Balaban J connectivity index is 2.38. The number of hydrogen-bond acceptors (Lipinski definition) is 4. The van der Waals surface area contributed by atoms with Crippen LogP contribution in [0.3, 0.4) is 0 Å². The molecule has 0 fully saturated rings. The Morgan fingerprint density at radius 1 is 1.11 bits per heavy atom. The minimum absolute atomic E-state index is 0.278. The normalized spacial score (nSPS) is 10.9. The minimum atomic E-state index is -3.18. The first kappa shape index (κ1) is 12.3. The van der Waals surface area contributed by atoms with E-state index < -0.39 is 9.84 Å². The maximum atomic E-state index is 11.3. The van der Waals surface area contributed by atoms with Gasteiger partial charge in [-0.2, -0.15) is 5.26 Å². The lowest BCUT2D eigenvalue weighted by Crippen LogP contribution is -1.96. The Morgan fingerprint density at radius 2 is 1.78 bits per heavy atom. The molecule has 0 saturated carbocycles. The van der Waals surface area contributed by atoms with Gasteiger partial charge in [0.05, 0.1) is 16.2 Å². The van der Waals surface area contributed by atoms with E-state index in [2.05, 4.69) is 4.98 Å². The van der Waals surface area contributed by atoms with Crippen molar-refractivity contribution in [2.45, 2.75) is 4.90 Å². The van der Waals surface area contributed by atoms with Gasteiger partial charge in [-0.25, -0.2) is 8.42 Å². The molecule has 4 nitrogen and oxygen atoms in total. The second kappa shape index (κ2) is 4.59. The molecule has 0 bridgehead atoms. The maximum absolute atomic E-state index is 11.3. The molecule has 18 heavy (non-hydrogen) atoms. The SMILES string of the molecule is CS(=O)(=O)c1ccc(-c2ccc(C#N)cn2)cc1. The van der Waals surface area contributed by atoms with Crippen LogP contribution in [0.4, 0.5) is 0 Å². The van der Waals surface area contributed by atoms with E-state index in [9.17, 15) is 8.42 Å². The van der Waals surface area contributed by atoms with Crippen molar-refractivity contribution in [1.82, 2.24) is 4.98 Å². The molecule has 0 aliphatic heterocycles. The first-order chi connectivity index (χ1) is 8.50. The lowest BCUT2D eigenvalue weighted by molar-refractivity contribution is 0.602. The van der Waals surface area contributed by atoms with Crippen molar-refractivity contribution in [1.29, 1.82) is 5.26 Å². The highest BCUT2D eigenvalue weighted by atomic mass is 32.2. The summed E-state index contributed by atoms with van der Waals surface area (Å²) < 4.78 is 22.6. The topological polar surface area (TPSA) is 70.8 Å². The van der Waals surface area contributed by atoms with E-state index in [0.29, 0.717) is 11.3 Å². The van der Waals surface area contributed by atoms with Crippen molar-refractivity contribution < 1.29 is 8.42 Å². The average Bonchev–Trinajstić information content (AvgIpc) is 2.38. The van der Waals surface area contributed by atoms with Crippen molar-refractivity contribution in [3.05, 3.63) is 48.2 Å². The lowest BCUT2D eigenvalue weighted by Gasteiger charge is -2.02. The molecule has 0 unspecified atom stereocenters. The number of nitrogens with zero attached hydrogens (tertiary/aromatic N) is 2. The third kappa shape index (κ3) is 2.55. The summed E-state index contributed by atoms with van der Waals surface area (Å²) in [6.45, 7) is 0. The Hall–Kier alpha value is -2.19. The van der Waals surface area contributed by atoms with Crippen LogP contribution in [0.5, 0.6) is 0 Å². The Kier molecular flexibility index (Phi) is 3.13. The molecule has 0 aliphatic carbocycles. The van der Waals surface area contributed by atoms with E-state index in [1.54, 1.807) is 36.4 Å². The number of nitriles is 1. The summed E-state index contributed by atoms with van der Waals surface area (Å²) >= 11 is 0. The lowest BCUT2D eigenvalue weighted by atomic mass is 10.1. The number of sulfone groups is 1. The van der Waals surface area contributed by atoms with Crippen molar-refractivity contribution in [2.75, 3.05) is 6.26 Å². The molecule has 0 aliphatic rings. The summed E-state index contributed by atoms with van der Waals surface area (Å²) in [7, 11) is -3.18. The van der Waals surface area contributed by atoms with E-state index in [1.807, 2.05) is 6.07 Å². The molecule has 0 N–H and O–H groups in total. The molecule has 0 amide bonds. The summed E-state index contributed by atoms with van der Waals surface area (Å²) in [5.74, 6) is 0. The van der Waals surface area contributed by atoms with E-state index in [0.717, 1.165) is 5.56 Å². The molecule has 90 valence electrons. The number of pyridine rings is 1. The molecule has 2 rings (SSSR count). The predicted octanol–water partition coefficient (Wildman–Crippen LogP) is 2.02. The third-order valence-corrected chi connectivity index (χ3v) is 3.60. The zero-order valence-electron chi connectivity index (χ0n) is 9.66. The molecule has 1 heterocycles. The molecule has 1 aromatic carbocycles. The van der Waals surface area contributed by atoms with Crippen LogP contribution in [-0.2, 0) is 9.84 Å². The van der Waals surface area contributed by atoms with Crippen molar-refractivity contribution in [3.63, 3.8) is 0 Å². The van der Waals surface area contributed by atoms with Gasteiger partial charge in [0, 0.05) is 18.0 Å². The van der Waals surface area contributed by atoms with Gasteiger partial charge in [-0.05, 0) is 24.3 Å². The molecule has 1 aromatic heterocycles. The second-order valence-electron chi connectivity index (χ2n) is 3.84. The summed E-state index contributed by atoms with van der Waals surface area (Å²) in [5.41, 5.74) is 2.01. The van der Waals surface area contributed by atoms with Gasteiger partial charge in [-0.15, -0.1) is 0 Å². The second-order valence-corrected chi connectivity index (χ2v) is 5.86. The summed E-state index contributed by atoms with van der Waals surface area (Å²) in [5, 5.41) is 8.67. The van der Waals surface area contributed by atoms with Gasteiger partial charge >= 0.3 is 0 Å². The summed E-state index contributed by atoms with van der Waals surface area (Å²) in [6.07, 6.45) is 2.65. The minimum Gasteiger partial charge on any atom is -0.255 e. The average molecular weight is 258 g/mol. The van der Waals surface area contributed by atoms with Crippen molar-refractivity contribution in [2.24, 2.45) is 0 Å². The summed E-state index contributed by atoms with van der Waals surface area (Å²) in [6, 6.07) is 11.9. The zero-order valence-corrected chi connectivity index (χ0v) is 10.5. The highest BCUT2D eigenvalue weighted by molar-refractivity contribution is 7.90. The van der Waals surface area contributed by atoms with Crippen LogP contribution in [0, 0.1) is 11.3 Å². The fraction of sp³-hybridized carbons (Fsp3) is 0.0769. The van der Waals surface area contributed by atoms with Gasteiger partial charge in [0.25, 0.3) is 0 Å². The van der Waals surface area contributed by atoms with E-state index in [-0.39, 0.29) is 4.90 Å². The third-order valence-electron chi connectivity index (χ3n) is 2.47. The highest BCUT2D eigenvalue weighted by Crippen LogP contribution is 2.19. The molecule has 0 radical (unpaired) electrons. The van der Waals surface area contributed by atoms with Crippen LogP contribution in [-0.4, -0.2) is 19.7 Å². The molecular formula is C13H10N2O2S. The Bertz CT molecular complexity index is 696. The predicted molar refractivity (Wildman–Crippen MR) is 67.5 cm³/mol. The monoisotopic (exact) mass is 258 g/mol. The smallest absolute Gasteiger partial charge is 0.175 e. The summed E-state index contributed by atoms with van der Waals surface area (Å²) in [4.78, 5) is 4.42. The Labute approximate surface area is 105 Å². The quantitative estimate of drug-likeness (QED) is 0.826. The number of aromatic nitrogens is 1. The van der Waals surface area contributed by atoms with Gasteiger partial charge in [-0.1, -0.05) is 12.1 Å². The van der Waals surface area contributed by atoms with E-state index in [1.165, 1.54) is 12.5 Å². The molecule has 0 saturated heterocycles. The number of benzene rings is 1. The fourth-order valence-electron chi connectivity index (χ4n) is 1.50. The Morgan fingerprint density at radius 3 is 2.22 bits per heavy atom.